The van der Waals surface area contributed by atoms with E-state index in [1.54, 1.807) is 18.2 Å². The van der Waals surface area contributed by atoms with Crippen LogP contribution in [-0.2, 0) is 14.3 Å². The first kappa shape index (κ1) is 17.1. The Morgan fingerprint density at radius 3 is 2.74 bits per heavy atom. The minimum absolute atomic E-state index is 0.160. The minimum atomic E-state index is -0.712. The molecule has 0 saturated carbocycles. The molecule has 0 spiro atoms. The van der Waals surface area contributed by atoms with Gasteiger partial charge >= 0.3 is 11.8 Å². The third-order valence-electron chi connectivity index (χ3n) is 3.23. The quantitative estimate of drug-likeness (QED) is 0.562. The zero-order valence-corrected chi connectivity index (χ0v) is 13.2. The Morgan fingerprint density at radius 1 is 1.13 bits per heavy atom. The van der Waals surface area contributed by atoms with Gasteiger partial charge in [-0.3, -0.25) is 9.59 Å². The molecule has 1 heterocycles. The van der Waals surface area contributed by atoms with Crippen LogP contribution in [0.15, 0.2) is 18.2 Å². The summed E-state index contributed by atoms with van der Waals surface area (Å²) in [6.45, 7) is 3.97. The van der Waals surface area contributed by atoms with E-state index in [-0.39, 0.29) is 6.79 Å². The van der Waals surface area contributed by atoms with Gasteiger partial charge in [-0.2, -0.15) is 0 Å². The Balaban J connectivity index is 1.66. The van der Waals surface area contributed by atoms with Gasteiger partial charge in [-0.15, -0.1) is 0 Å². The molecule has 1 aromatic rings. The predicted octanol–water partition coefficient (Wildman–Crippen LogP) is 1.68. The molecule has 0 fully saturated rings. The fourth-order valence-electron chi connectivity index (χ4n) is 1.97. The van der Waals surface area contributed by atoms with Gasteiger partial charge < -0.3 is 24.8 Å². The van der Waals surface area contributed by atoms with Gasteiger partial charge in [-0.1, -0.05) is 13.3 Å². The first-order chi connectivity index (χ1) is 11.2. The first-order valence-corrected chi connectivity index (χ1v) is 7.77. The average molecular weight is 322 g/mol. The van der Waals surface area contributed by atoms with Gasteiger partial charge in [0.05, 0.1) is 0 Å². The van der Waals surface area contributed by atoms with Crippen LogP contribution < -0.4 is 20.1 Å². The second-order valence-corrected chi connectivity index (χ2v) is 5.10. The Morgan fingerprint density at radius 2 is 1.91 bits per heavy atom. The topological polar surface area (TPSA) is 85.9 Å². The molecule has 0 aromatic heterocycles. The number of carbonyl (C=O) groups is 2. The number of fused-ring (bicyclic) bond motifs is 1. The summed E-state index contributed by atoms with van der Waals surface area (Å²) < 4.78 is 15.8. The molecule has 23 heavy (non-hydrogen) atoms. The van der Waals surface area contributed by atoms with Gasteiger partial charge in [0.1, 0.15) is 0 Å². The molecule has 0 saturated heterocycles. The maximum absolute atomic E-state index is 11.8. The number of ether oxygens (including phenoxy) is 3. The van der Waals surface area contributed by atoms with Crippen molar-refractivity contribution < 1.29 is 23.8 Å². The van der Waals surface area contributed by atoms with E-state index >= 15 is 0 Å². The van der Waals surface area contributed by atoms with E-state index in [1.165, 1.54) is 0 Å². The normalized spacial score (nSPS) is 12.0. The molecule has 7 heteroatoms. The Bertz CT molecular complexity index is 547. The summed E-state index contributed by atoms with van der Waals surface area (Å²) in [5.41, 5.74) is 0.484. The molecular weight excluding hydrogens is 300 g/mol. The molecule has 1 aliphatic heterocycles. The highest BCUT2D eigenvalue weighted by Gasteiger charge is 2.17. The molecule has 2 amide bonds. The average Bonchev–Trinajstić information content (AvgIpc) is 3.01. The van der Waals surface area contributed by atoms with Crippen molar-refractivity contribution in [3.8, 4) is 11.5 Å². The minimum Gasteiger partial charge on any atom is -0.454 e. The van der Waals surface area contributed by atoms with E-state index in [2.05, 4.69) is 17.6 Å². The number of benzene rings is 1. The van der Waals surface area contributed by atoms with Crippen molar-refractivity contribution in [1.82, 2.24) is 5.32 Å². The second-order valence-electron chi connectivity index (χ2n) is 5.10. The van der Waals surface area contributed by atoms with Crippen LogP contribution in [0.3, 0.4) is 0 Å². The van der Waals surface area contributed by atoms with Gasteiger partial charge in [0.25, 0.3) is 0 Å². The van der Waals surface area contributed by atoms with Crippen LogP contribution in [0.5, 0.6) is 11.5 Å². The number of amides is 2. The summed E-state index contributed by atoms with van der Waals surface area (Å²) in [5, 5.41) is 5.08. The first-order valence-electron chi connectivity index (χ1n) is 7.77. The molecule has 0 unspecified atom stereocenters. The molecule has 126 valence electrons. The zero-order chi connectivity index (χ0) is 16.5. The number of nitrogens with one attached hydrogen (secondary N) is 2. The zero-order valence-electron chi connectivity index (χ0n) is 13.2. The Kier molecular flexibility index (Phi) is 6.68. The third-order valence-corrected chi connectivity index (χ3v) is 3.23. The fourth-order valence-corrected chi connectivity index (χ4v) is 1.97. The molecule has 1 aromatic carbocycles. The van der Waals surface area contributed by atoms with Crippen molar-refractivity contribution >= 4 is 17.5 Å². The van der Waals surface area contributed by atoms with Crippen molar-refractivity contribution in [2.45, 2.75) is 26.2 Å². The van der Waals surface area contributed by atoms with Crippen LogP contribution in [0, 0.1) is 0 Å². The highest BCUT2D eigenvalue weighted by Crippen LogP contribution is 2.34. The summed E-state index contributed by atoms with van der Waals surface area (Å²) in [5.74, 6) is -0.213. The lowest BCUT2D eigenvalue weighted by Crippen LogP contribution is -2.36. The molecular formula is C16H22N2O5. The van der Waals surface area contributed by atoms with Crippen molar-refractivity contribution in [2.75, 3.05) is 31.9 Å². The second kappa shape index (κ2) is 8.99. The van der Waals surface area contributed by atoms with Crippen molar-refractivity contribution in [3.05, 3.63) is 18.2 Å². The summed E-state index contributed by atoms with van der Waals surface area (Å²) in [6, 6.07) is 4.96. The van der Waals surface area contributed by atoms with E-state index in [0.717, 1.165) is 19.4 Å². The van der Waals surface area contributed by atoms with Gasteiger partial charge in [-0.05, 0) is 25.0 Å². The largest absolute Gasteiger partial charge is 0.454 e. The van der Waals surface area contributed by atoms with Crippen LogP contribution in [0.4, 0.5) is 5.69 Å². The maximum atomic E-state index is 11.8. The van der Waals surface area contributed by atoms with E-state index < -0.39 is 11.8 Å². The van der Waals surface area contributed by atoms with Crippen LogP contribution in [0.25, 0.3) is 0 Å². The molecule has 2 N–H and O–H groups in total. The number of rotatable bonds is 8. The van der Waals surface area contributed by atoms with Crippen molar-refractivity contribution in [1.29, 1.82) is 0 Å². The number of hydrogen-bond acceptors (Lipinski definition) is 5. The maximum Gasteiger partial charge on any atom is 0.313 e. The molecule has 1 aliphatic rings. The van der Waals surface area contributed by atoms with Crippen molar-refractivity contribution in [3.63, 3.8) is 0 Å². The van der Waals surface area contributed by atoms with Crippen molar-refractivity contribution in [2.24, 2.45) is 0 Å². The number of unbranched alkanes of at least 4 members (excludes halogenated alkanes) is 1. The van der Waals surface area contributed by atoms with Gasteiger partial charge in [0.15, 0.2) is 11.5 Å². The predicted molar refractivity (Wildman–Crippen MR) is 84.5 cm³/mol. The van der Waals surface area contributed by atoms with E-state index in [1.807, 2.05) is 0 Å². The van der Waals surface area contributed by atoms with Crippen LogP contribution in [-0.4, -0.2) is 38.4 Å². The van der Waals surface area contributed by atoms with E-state index in [9.17, 15) is 9.59 Å². The number of hydrogen-bond donors (Lipinski definition) is 2. The molecule has 0 radical (unpaired) electrons. The highest BCUT2D eigenvalue weighted by molar-refractivity contribution is 6.39. The summed E-state index contributed by atoms with van der Waals surface area (Å²) >= 11 is 0. The third kappa shape index (κ3) is 5.45. The highest BCUT2D eigenvalue weighted by atomic mass is 16.7. The lowest BCUT2D eigenvalue weighted by Gasteiger charge is -2.07. The van der Waals surface area contributed by atoms with Gasteiger partial charge in [-0.25, -0.2) is 0 Å². The lowest BCUT2D eigenvalue weighted by atomic mass is 10.2. The molecule has 2 rings (SSSR count). The fraction of sp³-hybridized carbons (Fsp3) is 0.500. The van der Waals surface area contributed by atoms with E-state index in [4.69, 9.17) is 14.2 Å². The lowest BCUT2D eigenvalue weighted by molar-refractivity contribution is -0.136. The monoisotopic (exact) mass is 322 g/mol. The van der Waals surface area contributed by atoms with Crippen LogP contribution in [0.1, 0.15) is 26.2 Å². The van der Waals surface area contributed by atoms with Gasteiger partial charge in [0.2, 0.25) is 6.79 Å². The summed E-state index contributed by atoms with van der Waals surface area (Å²) in [7, 11) is 0. The molecule has 0 aliphatic carbocycles. The summed E-state index contributed by atoms with van der Waals surface area (Å²) in [6.07, 6.45) is 2.80. The molecule has 0 atom stereocenters. The van der Waals surface area contributed by atoms with Gasteiger partial charge in [0, 0.05) is 31.5 Å². The smallest absolute Gasteiger partial charge is 0.313 e. The Labute approximate surface area is 135 Å². The molecule has 7 nitrogen and oxygen atoms in total. The van der Waals surface area contributed by atoms with Crippen LogP contribution in [0.2, 0.25) is 0 Å². The number of carbonyl (C=O) groups excluding carboxylic acids is 2. The van der Waals surface area contributed by atoms with E-state index in [0.29, 0.717) is 36.8 Å². The standard InChI is InChI=1S/C16H22N2O5/c1-2-3-8-21-9-4-7-17-15(19)16(20)18-12-5-6-13-14(10-12)23-11-22-13/h5-6,10H,2-4,7-9,11H2,1H3,(H,17,19)(H,18,20). The van der Waals surface area contributed by atoms with Crippen LogP contribution >= 0.6 is 0 Å². The Hall–Kier alpha value is -2.28. The summed E-state index contributed by atoms with van der Waals surface area (Å²) in [4.78, 5) is 23.5. The SMILES string of the molecule is CCCCOCCCNC(=O)C(=O)Nc1ccc2c(c1)OCO2. The molecule has 0 bridgehead atoms. The number of anilines is 1.